The summed E-state index contributed by atoms with van der Waals surface area (Å²) in [5.74, 6) is 0.174. The first-order chi connectivity index (χ1) is 16.3. The van der Waals surface area contributed by atoms with Gasteiger partial charge in [-0.3, -0.25) is 9.11 Å². The van der Waals surface area contributed by atoms with Crippen LogP contribution in [0.3, 0.4) is 0 Å². The number of nitrogens with zero attached hydrogens (tertiary/aromatic N) is 3. The number of carbonyl (C=O) groups is 1. The number of rotatable bonds is 7. The Hall–Kier alpha value is -2.72. The molecule has 1 aliphatic rings. The maximum Gasteiger partial charge on any atom is 0.330 e. The molecule has 1 aromatic heterocycles. The summed E-state index contributed by atoms with van der Waals surface area (Å²) in [6, 6.07) is 9.67. The van der Waals surface area contributed by atoms with Gasteiger partial charge in [0.15, 0.2) is 0 Å². The number of alkyl halides is 1. The first-order valence-corrected chi connectivity index (χ1v) is 13.2. The topological polar surface area (TPSA) is 91.8 Å². The molecule has 35 heavy (non-hydrogen) atoms. The Bertz CT molecular complexity index is 1150. The fraction of sp³-hybridized carbons (Fsp3) is 0.520. The summed E-state index contributed by atoms with van der Waals surface area (Å²) in [5, 5.41) is 1.71. The number of halogens is 1. The predicted molar refractivity (Wildman–Crippen MR) is 135 cm³/mol. The molecule has 3 rings (SSSR count). The molecule has 0 unspecified atom stereocenters. The molecule has 0 saturated carbocycles. The van der Waals surface area contributed by atoms with Crippen molar-refractivity contribution in [2.75, 3.05) is 35.9 Å². The molecule has 0 spiro atoms. The number of pyridine rings is 1. The molecule has 0 radical (unpaired) electrons. The van der Waals surface area contributed by atoms with Crippen molar-refractivity contribution < 1.29 is 22.4 Å². The molecule has 1 fully saturated rings. The van der Waals surface area contributed by atoms with Gasteiger partial charge >= 0.3 is 5.97 Å². The van der Waals surface area contributed by atoms with Crippen molar-refractivity contribution in [3.63, 3.8) is 0 Å². The van der Waals surface area contributed by atoms with E-state index in [0.29, 0.717) is 31.0 Å². The largest absolute Gasteiger partial charge is 0.367 e. The number of anilines is 2. The Morgan fingerprint density at radius 2 is 1.86 bits per heavy atom. The Labute approximate surface area is 207 Å². The van der Waals surface area contributed by atoms with Gasteiger partial charge < -0.3 is 9.74 Å². The van der Waals surface area contributed by atoms with Crippen LogP contribution in [0.15, 0.2) is 41.3 Å². The van der Waals surface area contributed by atoms with Crippen LogP contribution in [0.1, 0.15) is 51.8 Å². The summed E-state index contributed by atoms with van der Waals surface area (Å²) in [5.41, 5.74) is 1.10. The van der Waals surface area contributed by atoms with Crippen LogP contribution in [-0.4, -0.2) is 56.8 Å². The van der Waals surface area contributed by atoms with E-state index in [4.69, 9.17) is 4.84 Å². The molecule has 0 aliphatic carbocycles. The van der Waals surface area contributed by atoms with Gasteiger partial charge in [0.2, 0.25) is 0 Å². The van der Waals surface area contributed by atoms with E-state index in [1.807, 2.05) is 27.7 Å². The highest BCUT2D eigenvalue weighted by atomic mass is 32.2. The molecule has 1 N–H and O–H groups in total. The Balaban J connectivity index is 1.67. The summed E-state index contributed by atoms with van der Waals surface area (Å²) in [6.07, 6.45) is 0. The second kappa shape index (κ2) is 10.5. The maximum absolute atomic E-state index is 12.9. The van der Waals surface area contributed by atoms with Gasteiger partial charge in [0.25, 0.3) is 10.0 Å². The number of carbonyl (C=O) groups excluding carboxylic acids is 1. The van der Waals surface area contributed by atoms with Gasteiger partial charge in [0.1, 0.15) is 5.82 Å². The molecule has 1 aromatic carbocycles. The molecule has 0 bridgehead atoms. The van der Waals surface area contributed by atoms with Crippen molar-refractivity contribution in [1.29, 1.82) is 0 Å². The molecule has 10 heteroatoms. The van der Waals surface area contributed by atoms with Gasteiger partial charge in [-0.15, -0.1) is 5.06 Å². The summed E-state index contributed by atoms with van der Waals surface area (Å²) in [4.78, 5) is 24.6. The SMILES string of the molecule is Cc1nc(N2CCN(OC(=O)C(C)(C)C)[C@@H](C)C2)ccc1NS(=O)(=O)c1ccc([C@@H](C)CF)cc1. The van der Waals surface area contributed by atoms with Crippen LogP contribution in [0.5, 0.6) is 0 Å². The highest BCUT2D eigenvalue weighted by Crippen LogP contribution is 2.26. The minimum Gasteiger partial charge on any atom is -0.367 e. The monoisotopic (exact) mass is 506 g/mol. The van der Waals surface area contributed by atoms with E-state index in [0.717, 1.165) is 11.4 Å². The number of hydroxylamine groups is 2. The molecular weight excluding hydrogens is 471 g/mol. The highest BCUT2D eigenvalue weighted by Gasteiger charge is 2.31. The third-order valence-electron chi connectivity index (χ3n) is 6.01. The normalized spacial score (nSPS) is 18.3. The summed E-state index contributed by atoms with van der Waals surface area (Å²) in [7, 11) is -3.81. The predicted octanol–water partition coefficient (Wildman–Crippen LogP) is 4.28. The van der Waals surface area contributed by atoms with Crippen LogP contribution in [0.2, 0.25) is 0 Å². The van der Waals surface area contributed by atoms with Crippen LogP contribution >= 0.6 is 0 Å². The zero-order chi connectivity index (χ0) is 26.0. The number of piperazine rings is 1. The fourth-order valence-electron chi connectivity index (χ4n) is 3.63. The quantitative estimate of drug-likeness (QED) is 0.599. The maximum atomic E-state index is 12.9. The van der Waals surface area contributed by atoms with Gasteiger partial charge in [-0.1, -0.05) is 19.1 Å². The van der Waals surface area contributed by atoms with Crippen LogP contribution in [-0.2, 0) is 19.7 Å². The first-order valence-electron chi connectivity index (χ1n) is 11.7. The number of hydrogen-bond donors (Lipinski definition) is 1. The summed E-state index contributed by atoms with van der Waals surface area (Å²) < 4.78 is 41.2. The molecule has 192 valence electrons. The lowest BCUT2D eigenvalue weighted by Gasteiger charge is -2.39. The Kier molecular flexibility index (Phi) is 8.06. The van der Waals surface area contributed by atoms with Crippen molar-refractivity contribution in [2.45, 2.75) is 58.4 Å². The minimum atomic E-state index is -3.81. The molecule has 2 heterocycles. The lowest BCUT2D eigenvalue weighted by atomic mass is 9.98. The number of nitrogens with one attached hydrogen (secondary N) is 1. The second-order valence-corrected chi connectivity index (χ2v) is 11.8. The van der Waals surface area contributed by atoms with E-state index in [1.165, 1.54) is 12.1 Å². The summed E-state index contributed by atoms with van der Waals surface area (Å²) >= 11 is 0. The number of benzene rings is 1. The number of hydrogen-bond acceptors (Lipinski definition) is 7. The lowest BCUT2D eigenvalue weighted by Crippen LogP contribution is -2.53. The van der Waals surface area contributed by atoms with Gasteiger partial charge in [-0.2, -0.15) is 0 Å². The van der Waals surface area contributed by atoms with E-state index in [2.05, 4.69) is 14.6 Å². The molecular formula is C25H35FN4O4S. The molecule has 1 saturated heterocycles. The van der Waals surface area contributed by atoms with Crippen LogP contribution in [0.25, 0.3) is 0 Å². The van der Waals surface area contributed by atoms with Gasteiger partial charge in [-0.05, 0) is 64.4 Å². The Morgan fingerprint density at radius 3 is 2.40 bits per heavy atom. The average molecular weight is 507 g/mol. The van der Waals surface area contributed by atoms with Crippen molar-refractivity contribution in [2.24, 2.45) is 5.41 Å². The smallest absolute Gasteiger partial charge is 0.330 e. The van der Waals surface area contributed by atoms with Gasteiger partial charge in [0, 0.05) is 19.0 Å². The van der Waals surface area contributed by atoms with Crippen molar-refractivity contribution in [3.8, 4) is 0 Å². The van der Waals surface area contributed by atoms with Crippen LogP contribution in [0, 0.1) is 12.3 Å². The Morgan fingerprint density at radius 1 is 1.20 bits per heavy atom. The first kappa shape index (κ1) is 26.9. The molecule has 0 amide bonds. The standard InChI is InChI=1S/C25H35FN4O4S/c1-17(15-26)20-7-9-21(10-8-20)35(32,33)28-22-11-12-23(27-19(22)3)29-13-14-30(18(2)16-29)34-24(31)25(4,5)6/h7-12,17-18,28H,13-16H2,1-6H3/t17-,18-/m0/s1. The number of sulfonamides is 1. The van der Waals surface area contributed by atoms with Gasteiger partial charge in [-0.25, -0.2) is 18.2 Å². The van der Waals surface area contributed by atoms with Crippen LogP contribution < -0.4 is 9.62 Å². The summed E-state index contributed by atoms with van der Waals surface area (Å²) in [6.45, 7) is 12.2. The zero-order valence-corrected chi connectivity index (χ0v) is 22.0. The molecule has 2 aromatic rings. The number of aromatic nitrogens is 1. The third kappa shape index (κ3) is 6.49. The molecule has 8 nitrogen and oxygen atoms in total. The second-order valence-electron chi connectivity index (χ2n) is 10.1. The van der Waals surface area contributed by atoms with E-state index in [9.17, 15) is 17.6 Å². The van der Waals surface area contributed by atoms with Crippen LogP contribution in [0.4, 0.5) is 15.9 Å². The highest BCUT2D eigenvalue weighted by molar-refractivity contribution is 7.92. The molecule has 1 aliphatic heterocycles. The van der Waals surface area contributed by atoms with E-state index < -0.39 is 22.1 Å². The van der Waals surface area contributed by atoms with Gasteiger partial charge in [0.05, 0.1) is 41.0 Å². The lowest BCUT2D eigenvalue weighted by molar-refractivity contribution is -0.211. The van der Waals surface area contributed by atoms with Crippen molar-refractivity contribution >= 4 is 27.5 Å². The minimum absolute atomic E-state index is 0.0292. The van der Waals surface area contributed by atoms with E-state index in [-0.39, 0.29) is 22.8 Å². The third-order valence-corrected chi connectivity index (χ3v) is 7.39. The average Bonchev–Trinajstić information content (AvgIpc) is 2.80. The van der Waals surface area contributed by atoms with E-state index in [1.54, 1.807) is 43.2 Å². The molecule has 2 atom stereocenters. The van der Waals surface area contributed by atoms with Crippen molar-refractivity contribution in [1.82, 2.24) is 10.0 Å². The fourth-order valence-corrected chi connectivity index (χ4v) is 4.75. The van der Waals surface area contributed by atoms with Crippen molar-refractivity contribution in [3.05, 3.63) is 47.7 Å². The van der Waals surface area contributed by atoms with E-state index >= 15 is 0 Å². The zero-order valence-electron chi connectivity index (χ0n) is 21.2. The number of aryl methyl sites for hydroxylation is 1.